The summed E-state index contributed by atoms with van der Waals surface area (Å²) in [6, 6.07) is 10.9. The van der Waals surface area contributed by atoms with E-state index in [9.17, 15) is 4.39 Å². The Kier molecular flexibility index (Phi) is 4.00. The highest BCUT2D eigenvalue weighted by Crippen LogP contribution is 2.31. The summed E-state index contributed by atoms with van der Waals surface area (Å²) in [5, 5.41) is 9.21. The van der Waals surface area contributed by atoms with Gasteiger partial charge in [0.1, 0.15) is 23.4 Å². The molecule has 0 aromatic heterocycles. The summed E-state index contributed by atoms with van der Waals surface area (Å²) in [4.78, 5) is 0. The number of halogens is 2. The van der Waals surface area contributed by atoms with Gasteiger partial charge in [-0.25, -0.2) is 4.39 Å². The van der Waals surface area contributed by atoms with Crippen molar-refractivity contribution in [2.75, 3.05) is 0 Å². The van der Waals surface area contributed by atoms with Crippen molar-refractivity contribution in [3.05, 3.63) is 58.4 Å². The summed E-state index contributed by atoms with van der Waals surface area (Å²) in [6.45, 7) is 0.340. The fourth-order valence-electron chi connectivity index (χ4n) is 1.56. The second kappa shape index (κ2) is 5.70. The van der Waals surface area contributed by atoms with Crippen LogP contribution in [0.2, 0.25) is 5.02 Å². The Morgan fingerprint density at radius 1 is 1.21 bits per heavy atom. The maximum absolute atomic E-state index is 12.9. The zero-order valence-corrected chi connectivity index (χ0v) is 10.6. The number of hydrogen-bond acceptors (Lipinski definition) is 3. The third-order valence-corrected chi connectivity index (χ3v) is 2.81. The van der Waals surface area contributed by atoms with E-state index in [1.165, 1.54) is 12.1 Å². The summed E-state index contributed by atoms with van der Waals surface area (Å²) < 4.78 is 18.4. The van der Waals surface area contributed by atoms with Crippen LogP contribution < -0.4 is 10.5 Å². The molecular weight excluding hydrogens is 267 g/mol. The third kappa shape index (κ3) is 3.02. The lowest BCUT2D eigenvalue weighted by Gasteiger charge is -2.10. The van der Waals surface area contributed by atoms with Crippen LogP contribution in [0.25, 0.3) is 0 Å². The topological polar surface area (TPSA) is 59.0 Å². The molecule has 0 radical (unpaired) electrons. The predicted octanol–water partition coefficient (Wildman–Crippen LogP) is 3.60. The van der Waals surface area contributed by atoms with E-state index in [-0.39, 0.29) is 5.02 Å². The van der Waals surface area contributed by atoms with E-state index < -0.39 is 5.82 Å². The van der Waals surface area contributed by atoms with Crippen LogP contribution in [0.15, 0.2) is 36.4 Å². The molecule has 0 heterocycles. The number of nitrogens with two attached hydrogens (primary N) is 1. The first kappa shape index (κ1) is 13.3. The minimum atomic E-state index is -0.448. The fourth-order valence-corrected chi connectivity index (χ4v) is 1.76. The molecule has 0 amide bonds. The zero-order chi connectivity index (χ0) is 13.8. The van der Waals surface area contributed by atoms with Crippen LogP contribution in [0.5, 0.6) is 11.5 Å². The van der Waals surface area contributed by atoms with Crippen LogP contribution in [0.4, 0.5) is 4.39 Å². The zero-order valence-electron chi connectivity index (χ0n) is 9.86. The van der Waals surface area contributed by atoms with Gasteiger partial charge >= 0.3 is 0 Å². The van der Waals surface area contributed by atoms with Crippen molar-refractivity contribution in [2.24, 2.45) is 5.73 Å². The third-order valence-electron chi connectivity index (χ3n) is 2.51. The van der Waals surface area contributed by atoms with Crippen molar-refractivity contribution in [1.82, 2.24) is 0 Å². The van der Waals surface area contributed by atoms with Crippen molar-refractivity contribution < 1.29 is 9.13 Å². The van der Waals surface area contributed by atoms with Gasteiger partial charge in [-0.1, -0.05) is 17.7 Å². The maximum atomic E-state index is 12.9. The molecule has 0 aliphatic rings. The molecule has 0 bridgehead atoms. The minimum Gasteiger partial charge on any atom is -0.454 e. The van der Waals surface area contributed by atoms with Gasteiger partial charge in [-0.15, -0.1) is 0 Å². The Labute approximate surface area is 115 Å². The molecule has 0 saturated heterocycles. The monoisotopic (exact) mass is 276 g/mol. The quantitative estimate of drug-likeness (QED) is 0.932. The van der Waals surface area contributed by atoms with Crippen molar-refractivity contribution in [3.8, 4) is 17.6 Å². The van der Waals surface area contributed by atoms with Gasteiger partial charge in [0.05, 0.1) is 10.6 Å². The molecule has 2 aromatic rings. The second-order valence-electron chi connectivity index (χ2n) is 3.82. The maximum Gasteiger partial charge on any atom is 0.146 e. The van der Waals surface area contributed by atoms with Crippen molar-refractivity contribution >= 4 is 11.6 Å². The first-order valence-electron chi connectivity index (χ1n) is 5.50. The predicted molar refractivity (Wildman–Crippen MR) is 70.5 cm³/mol. The molecule has 3 nitrogen and oxygen atoms in total. The van der Waals surface area contributed by atoms with E-state index in [2.05, 4.69) is 0 Å². The standard InChI is InChI=1S/C14H10ClFN2O/c15-12-6-11(16)2-4-14(12)19-13-3-1-9(7-17)5-10(13)8-18/h1-6H,7,17H2. The van der Waals surface area contributed by atoms with E-state index in [1.54, 1.807) is 18.2 Å². The molecule has 2 aromatic carbocycles. The molecule has 0 fully saturated rings. The lowest BCUT2D eigenvalue weighted by molar-refractivity contribution is 0.479. The summed E-state index contributed by atoms with van der Waals surface area (Å²) in [5.41, 5.74) is 6.68. The smallest absolute Gasteiger partial charge is 0.146 e. The highest BCUT2D eigenvalue weighted by molar-refractivity contribution is 6.32. The molecule has 2 N–H and O–H groups in total. The van der Waals surface area contributed by atoms with Crippen molar-refractivity contribution in [1.29, 1.82) is 5.26 Å². The van der Waals surface area contributed by atoms with E-state index >= 15 is 0 Å². The number of nitriles is 1. The van der Waals surface area contributed by atoms with E-state index in [1.807, 2.05) is 6.07 Å². The van der Waals surface area contributed by atoms with E-state index in [4.69, 9.17) is 27.3 Å². The normalized spacial score (nSPS) is 10.0. The lowest BCUT2D eigenvalue weighted by atomic mass is 10.1. The van der Waals surface area contributed by atoms with E-state index in [0.717, 1.165) is 11.6 Å². The number of benzene rings is 2. The number of nitrogens with zero attached hydrogens (tertiary/aromatic N) is 1. The largest absolute Gasteiger partial charge is 0.454 e. The molecule has 2 rings (SSSR count). The van der Waals surface area contributed by atoms with Gasteiger partial charge in [0.2, 0.25) is 0 Å². The van der Waals surface area contributed by atoms with Crippen LogP contribution >= 0.6 is 11.6 Å². The highest BCUT2D eigenvalue weighted by atomic mass is 35.5. The summed E-state index contributed by atoms with van der Waals surface area (Å²) in [6.07, 6.45) is 0. The minimum absolute atomic E-state index is 0.145. The number of ether oxygens (including phenoxy) is 1. The molecule has 0 aliphatic carbocycles. The van der Waals surface area contributed by atoms with Crippen LogP contribution in [-0.4, -0.2) is 0 Å². The second-order valence-corrected chi connectivity index (χ2v) is 4.23. The van der Waals surface area contributed by atoms with Gasteiger partial charge in [0.15, 0.2) is 0 Å². The molecule has 19 heavy (non-hydrogen) atoms. The molecule has 0 unspecified atom stereocenters. The molecule has 0 aliphatic heterocycles. The van der Waals surface area contributed by atoms with Crippen molar-refractivity contribution in [3.63, 3.8) is 0 Å². The van der Waals surface area contributed by atoms with Gasteiger partial charge in [-0.2, -0.15) is 5.26 Å². The van der Waals surface area contributed by atoms with Gasteiger partial charge in [-0.05, 0) is 35.9 Å². The molecule has 0 spiro atoms. The summed E-state index contributed by atoms with van der Waals surface area (Å²) in [7, 11) is 0. The molecular formula is C14H10ClFN2O. The Morgan fingerprint density at radius 3 is 2.58 bits per heavy atom. The SMILES string of the molecule is N#Cc1cc(CN)ccc1Oc1ccc(F)cc1Cl. The number of hydrogen-bond donors (Lipinski definition) is 1. The molecule has 96 valence electrons. The van der Waals surface area contributed by atoms with Gasteiger partial charge < -0.3 is 10.5 Å². The highest BCUT2D eigenvalue weighted by Gasteiger charge is 2.09. The van der Waals surface area contributed by atoms with Gasteiger partial charge in [-0.3, -0.25) is 0 Å². The molecule has 0 atom stereocenters. The molecule has 0 saturated carbocycles. The van der Waals surface area contributed by atoms with Crippen LogP contribution in [0.3, 0.4) is 0 Å². The molecule has 5 heteroatoms. The Balaban J connectivity index is 2.35. The van der Waals surface area contributed by atoms with Crippen LogP contribution in [-0.2, 0) is 6.54 Å². The first-order chi connectivity index (χ1) is 9.13. The van der Waals surface area contributed by atoms with Crippen molar-refractivity contribution in [2.45, 2.75) is 6.54 Å². The Hall–Kier alpha value is -2.09. The lowest BCUT2D eigenvalue weighted by Crippen LogP contribution is -1.97. The van der Waals surface area contributed by atoms with Crippen LogP contribution in [0, 0.1) is 17.1 Å². The van der Waals surface area contributed by atoms with Gasteiger partial charge in [0.25, 0.3) is 0 Å². The number of rotatable bonds is 3. The Morgan fingerprint density at radius 2 is 1.95 bits per heavy atom. The fraction of sp³-hybridized carbons (Fsp3) is 0.0714. The average molecular weight is 277 g/mol. The Bertz CT molecular complexity index is 652. The summed E-state index contributed by atoms with van der Waals surface area (Å²) >= 11 is 5.87. The van der Waals surface area contributed by atoms with E-state index in [0.29, 0.717) is 23.6 Å². The average Bonchev–Trinajstić information content (AvgIpc) is 2.42. The first-order valence-corrected chi connectivity index (χ1v) is 5.88. The van der Waals surface area contributed by atoms with Gasteiger partial charge in [0, 0.05) is 6.54 Å². The summed E-state index contributed by atoms with van der Waals surface area (Å²) in [5.74, 6) is 0.199. The van der Waals surface area contributed by atoms with Crippen LogP contribution in [0.1, 0.15) is 11.1 Å².